The summed E-state index contributed by atoms with van der Waals surface area (Å²) in [6.07, 6.45) is 4.86. The number of aryl methyl sites for hydroxylation is 1. The normalized spacial score (nSPS) is 17.6. The van der Waals surface area contributed by atoms with Crippen molar-refractivity contribution in [3.05, 3.63) is 11.7 Å². The summed E-state index contributed by atoms with van der Waals surface area (Å²) in [5, 5.41) is 15.4. The molecule has 1 aromatic rings. The van der Waals surface area contributed by atoms with Gasteiger partial charge in [0.1, 0.15) is 0 Å². The molecule has 1 aliphatic carbocycles. The second-order valence-corrected chi connectivity index (χ2v) is 5.45. The molecular formula is C13H19N3O4. The summed E-state index contributed by atoms with van der Waals surface area (Å²) in [5.41, 5.74) is -0.349. The Morgan fingerprint density at radius 1 is 1.35 bits per heavy atom. The Balaban J connectivity index is 1.97. The molecule has 2 N–H and O–H groups in total. The number of rotatable bonds is 5. The highest BCUT2D eigenvalue weighted by Crippen LogP contribution is 2.38. The largest absolute Gasteiger partial charge is 0.481 e. The third-order valence-corrected chi connectivity index (χ3v) is 3.80. The molecule has 0 atom stereocenters. The molecule has 1 aromatic heterocycles. The van der Waals surface area contributed by atoms with E-state index in [1.54, 1.807) is 6.92 Å². The molecule has 7 nitrogen and oxygen atoms in total. The molecule has 7 heteroatoms. The summed E-state index contributed by atoms with van der Waals surface area (Å²) in [7, 11) is 0. The first-order valence-electron chi connectivity index (χ1n) is 6.81. The fraction of sp³-hybridized carbons (Fsp3) is 0.692. The van der Waals surface area contributed by atoms with Crippen LogP contribution in [0.5, 0.6) is 0 Å². The van der Waals surface area contributed by atoms with Crippen LogP contribution in [0.15, 0.2) is 4.52 Å². The summed E-state index contributed by atoms with van der Waals surface area (Å²) in [6, 6.07) is 0. The van der Waals surface area contributed by atoms with E-state index in [0.717, 1.165) is 32.1 Å². The fourth-order valence-electron chi connectivity index (χ4n) is 2.78. The Hall–Kier alpha value is -1.92. The van der Waals surface area contributed by atoms with Gasteiger partial charge in [0, 0.05) is 13.5 Å². The van der Waals surface area contributed by atoms with Gasteiger partial charge >= 0.3 is 5.97 Å². The molecule has 0 aromatic carbocycles. The van der Waals surface area contributed by atoms with Crippen LogP contribution in [0.2, 0.25) is 0 Å². The number of carboxylic acid groups (broad SMARTS) is 1. The first-order chi connectivity index (χ1) is 9.51. The number of carboxylic acids is 1. The molecule has 0 bridgehead atoms. The van der Waals surface area contributed by atoms with Crippen LogP contribution in [0.1, 0.15) is 55.0 Å². The topological polar surface area (TPSA) is 105 Å². The Morgan fingerprint density at radius 2 is 2.05 bits per heavy atom. The third-order valence-electron chi connectivity index (χ3n) is 3.80. The SMILES string of the molecule is Cc1nc(C(=O)NCC2(CC(=O)O)CCCCC2)no1. The van der Waals surface area contributed by atoms with Crippen molar-refractivity contribution in [1.29, 1.82) is 0 Å². The van der Waals surface area contributed by atoms with E-state index in [0.29, 0.717) is 12.4 Å². The lowest BCUT2D eigenvalue weighted by Gasteiger charge is -2.36. The van der Waals surface area contributed by atoms with Gasteiger partial charge in [0.2, 0.25) is 5.89 Å². The molecule has 2 rings (SSSR count). The number of aliphatic carboxylic acids is 1. The standard InChI is InChI=1S/C13H19N3O4/c1-9-15-11(16-20-9)12(19)14-8-13(7-10(17)18)5-3-2-4-6-13/h2-8H2,1H3,(H,14,19)(H,17,18). The number of nitrogens with zero attached hydrogens (tertiary/aromatic N) is 2. The van der Waals surface area contributed by atoms with Crippen molar-refractivity contribution in [3.8, 4) is 0 Å². The van der Waals surface area contributed by atoms with Crippen molar-refractivity contribution < 1.29 is 19.2 Å². The Labute approximate surface area is 116 Å². The van der Waals surface area contributed by atoms with Gasteiger partial charge in [-0.1, -0.05) is 24.4 Å². The van der Waals surface area contributed by atoms with E-state index < -0.39 is 11.9 Å². The number of hydrogen-bond donors (Lipinski definition) is 2. The van der Waals surface area contributed by atoms with Gasteiger partial charge in [0.25, 0.3) is 11.7 Å². The second-order valence-electron chi connectivity index (χ2n) is 5.45. The molecule has 0 unspecified atom stereocenters. The van der Waals surface area contributed by atoms with Gasteiger partial charge in [-0.2, -0.15) is 4.98 Å². The molecule has 1 saturated carbocycles. The highest BCUT2D eigenvalue weighted by molar-refractivity contribution is 5.90. The van der Waals surface area contributed by atoms with E-state index in [2.05, 4.69) is 15.5 Å². The van der Waals surface area contributed by atoms with Crippen LogP contribution in [0, 0.1) is 12.3 Å². The third kappa shape index (κ3) is 3.55. The minimum absolute atomic E-state index is 0.0104. The lowest BCUT2D eigenvalue weighted by Crippen LogP contribution is -2.40. The average molecular weight is 281 g/mol. The summed E-state index contributed by atoms with van der Waals surface area (Å²) < 4.78 is 4.75. The number of aromatic nitrogens is 2. The zero-order valence-electron chi connectivity index (χ0n) is 11.5. The van der Waals surface area contributed by atoms with Crippen molar-refractivity contribution >= 4 is 11.9 Å². The van der Waals surface area contributed by atoms with E-state index in [-0.39, 0.29) is 17.7 Å². The first-order valence-corrected chi connectivity index (χ1v) is 6.81. The average Bonchev–Trinajstić information content (AvgIpc) is 2.83. The quantitative estimate of drug-likeness (QED) is 0.848. The maximum Gasteiger partial charge on any atom is 0.303 e. The minimum Gasteiger partial charge on any atom is -0.481 e. The Kier molecular flexibility index (Phi) is 4.36. The van der Waals surface area contributed by atoms with Crippen LogP contribution in [0.25, 0.3) is 0 Å². The number of hydrogen-bond acceptors (Lipinski definition) is 5. The molecule has 1 heterocycles. The van der Waals surface area contributed by atoms with Crippen LogP contribution in [0.3, 0.4) is 0 Å². The van der Waals surface area contributed by atoms with Crippen LogP contribution in [-0.2, 0) is 4.79 Å². The number of nitrogens with one attached hydrogen (secondary N) is 1. The second kappa shape index (κ2) is 6.02. The summed E-state index contributed by atoms with van der Waals surface area (Å²) in [6.45, 7) is 1.95. The number of carbonyl (C=O) groups is 2. The molecule has 0 aliphatic heterocycles. The molecule has 0 spiro atoms. The molecular weight excluding hydrogens is 262 g/mol. The van der Waals surface area contributed by atoms with Crippen molar-refractivity contribution in [3.63, 3.8) is 0 Å². The van der Waals surface area contributed by atoms with E-state index in [9.17, 15) is 9.59 Å². The monoisotopic (exact) mass is 281 g/mol. The van der Waals surface area contributed by atoms with Gasteiger partial charge in [-0.25, -0.2) is 0 Å². The Bertz CT molecular complexity index is 492. The van der Waals surface area contributed by atoms with Crippen molar-refractivity contribution in [2.45, 2.75) is 45.4 Å². The Morgan fingerprint density at radius 3 is 2.60 bits per heavy atom. The smallest absolute Gasteiger partial charge is 0.303 e. The van der Waals surface area contributed by atoms with Crippen LogP contribution in [0.4, 0.5) is 0 Å². The first kappa shape index (κ1) is 14.5. The van der Waals surface area contributed by atoms with E-state index >= 15 is 0 Å². The van der Waals surface area contributed by atoms with Gasteiger partial charge in [-0.3, -0.25) is 9.59 Å². The van der Waals surface area contributed by atoms with Crippen LogP contribution < -0.4 is 5.32 Å². The number of carbonyl (C=O) groups excluding carboxylic acids is 1. The zero-order valence-corrected chi connectivity index (χ0v) is 11.5. The minimum atomic E-state index is -0.823. The van der Waals surface area contributed by atoms with E-state index in [1.807, 2.05) is 0 Å². The van der Waals surface area contributed by atoms with Gasteiger partial charge in [0.05, 0.1) is 6.42 Å². The maximum atomic E-state index is 11.9. The lowest BCUT2D eigenvalue weighted by molar-refractivity contribution is -0.140. The van der Waals surface area contributed by atoms with E-state index in [4.69, 9.17) is 9.63 Å². The highest BCUT2D eigenvalue weighted by atomic mass is 16.5. The maximum absolute atomic E-state index is 11.9. The summed E-state index contributed by atoms with van der Waals surface area (Å²) in [5.74, 6) is -0.925. The predicted octanol–water partition coefficient (Wildman–Crippen LogP) is 1.53. The number of amides is 1. The molecule has 0 radical (unpaired) electrons. The van der Waals surface area contributed by atoms with Crippen LogP contribution >= 0.6 is 0 Å². The van der Waals surface area contributed by atoms with Gasteiger partial charge in [-0.15, -0.1) is 0 Å². The highest BCUT2D eigenvalue weighted by Gasteiger charge is 2.35. The van der Waals surface area contributed by atoms with Crippen LogP contribution in [-0.4, -0.2) is 33.7 Å². The summed E-state index contributed by atoms with van der Waals surface area (Å²) in [4.78, 5) is 26.8. The van der Waals surface area contributed by atoms with Gasteiger partial charge in [-0.05, 0) is 18.3 Å². The van der Waals surface area contributed by atoms with Crippen molar-refractivity contribution in [1.82, 2.24) is 15.5 Å². The lowest BCUT2D eigenvalue weighted by atomic mass is 9.71. The zero-order chi connectivity index (χ0) is 14.6. The van der Waals surface area contributed by atoms with Crippen molar-refractivity contribution in [2.75, 3.05) is 6.54 Å². The molecule has 1 aliphatic rings. The van der Waals surface area contributed by atoms with Gasteiger partial charge < -0.3 is 14.9 Å². The fourth-order valence-corrected chi connectivity index (χ4v) is 2.78. The summed E-state index contributed by atoms with van der Waals surface area (Å²) >= 11 is 0. The molecule has 1 amide bonds. The molecule has 20 heavy (non-hydrogen) atoms. The van der Waals surface area contributed by atoms with Crippen molar-refractivity contribution in [2.24, 2.45) is 5.41 Å². The molecule has 110 valence electrons. The van der Waals surface area contributed by atoms with E-state index in [1.165, 1.54) is 0 Å². The molecule has 1 fully saturated rings. The predicted molar refractivity (Wildman–Crippen MR) is 69.1 cm³/mol. The molecule has 0 saturated heterocycles. The van der Waals surface area contributed by atoms with Gasteiger partial charge in [0.15, 0.2) is 0 Å².